The fraction of sp³-hybridized carbons (Fsp3) is 0.222. The molecule has 0 bridgehead atoms. The van der Waals surface area contributed by atoms with Crippen molar-refractivity contribution < 1.29 is 28.9 Å². The summed E-state index contributed by atoms with van der Waals surface area (Å²) < 4.78 is 15.8. The average molecular weight is 343 g/mol. The first-order valence-electron chi connectivity index (χ1n) is 7.69. The number of nitrogens with one attached hydrogen (secondary N) is 1. The quantitative estimate of drug-likeness (QED) is 0.827. The summed E-state index contributed by atoms with van der Waals surface area (Å²) in [4.78, 5) is 23.9. The molecule has 1 aliphatic rings. The lowest BCUT2D eigenvalue weighted by Crippen LogP contribution is -2.21. The standard InChI is InChI=1S/C18H17NO6/c1-11-2-4-14(20)13(8-11)18(22)25-10-17(21)19-12-3-5-15-16(9-12)24-7-6-23-15/h2-5,8-9,20H,6-7,10H2,1H3,(H,19,21). The first kappa shape index (κ1) is 16.6. The van der Waals surface area contributed by atoms with E-state index in [2.05, 4.69) is 5.32 Å². The van der Waals surface area contributed by atoms with Gasteiger partial charge in [-0.3, -0.25) is 4.79 Å². The minimum Gasteiger partial charge on any atom is -0.507 e. The van der Waals surface area contributed by atoms with Gasteiger partial charge in [-0.2, -0.15) is 0 Å². The molecule has 0 radical (unpaired) electrons. The van der Waals surface area contributed by atoms with Crippen LogP contribution in [0.15, 0.2) is 36.4 Å². The number of anilines is 1. The number of aromatic hydroxyl groups is 1. The maximum absolute atomic E-state index is 12.0. The summed E-state index contributed by atoms with van der Waals surface area (Å²) >= 11 is 0. The van der Waals surface area contributed by atoms with E-state index in [-0.39, 0.29) is 11.3 Å². The lowest BCUT2D eigenvalue weighted by Gasteiger charge is -2.19. The third kappa shape index (κ3) is 4.00. The van der Waals surface area contributed by atoms with Gasteiger partial charge in [0.15, 0.2) is 18.1 Å². The molecule has 1 amide bonds. The van der Waals surface area contributed by atoms with Crippen LogP contribution in [0.4, 0.5) is 5.69 Å². The summed E-state index contributed by atoms with van der Waals surface area (Å²) in [6.45, 7) is 2.24. The van der Waals surface area contributed by atoms with Crippen LogP contribution in [0.1, 0.15) is 15.9 Å². The number of rotatable bonds is 4. The number of amides is 1. The Labute approximate surface area is 144 Å². The SMILES string of the molecule is Cc1ccc(O)c(C(=O)OCC(=O)Nc2ccc3c(c2)OCCO3)c1. The van der Waals surface area contributed by atoms with Crippen LogP contribution in [0.3, 0.4) is 0 Å². The van der Waals surface area contributed by atoms with E-state index in [1.165, 1.54) is 12.1 Å². The van der Waals surface area contributed by atoms with Crippen molar-refractivity contribution >= 4 is 17.6 Å². The van der Waals surface area contributed by atoms with Crippen molar-refractivity contribution in [1.29, 1.82) is 0 Å². The summed E-state index contributed by atoms with van der Waals surface area (Å²) in [5.41, 5.74) is 1.32. The van der Waals surface area contributed by atoms with E-state index < -0.39 is 18.5 Å². The van der Waals surface area contributed by atoms with E-state index in [0.29, 0.717) is 30.4 Å². The zero-order chi connectivity index (χ0) is 17.8. The molecule has 1 heterocycles. The Morgan fingerprint density at radius 1 is 1.12 bits per heavy atom. The number of esters is 1. The first-order valence-corrected chi connectivity index (χ1v) is 7.69. The third-order valence-electron chi connectivity index (χ3n) is 3.53. The van der Waals surface area contributed by atoms with Gasteiger partial charge in [0.1, 0.15) is 24.5 Å². The number of hydrogen-bond acceptors (Lipinski definition) is 6. The molecule has 0 aromatic heterocycles. The number of phenols is 1. The maximum atomic E-state index is 12.0. The fourth-order valence-electron chi connectivity index (χ4n) is 2.34. The minimum absolute atomic E-state index is 0.0205. The van der Waals surface area contributed by atoms with Crippen molar-refractivity contribution in [2.45, 2.75) is 6.92 Å². The minimum atomic E-state index is -0.765. The van der Waals surface area contributed by atoms with Crippen LogP contribution in [-0.4, -0.2) is 36.8 Å². The molecule has 0 spiro atoms. The van der Waals surface area contributed by atoms with Crippen LogP contribution >= 0.6 is 0 Å². The van der Waals surface area contributed by atoms with E-state index in [9.17, 15) is 14.7 Å². The van der Waals surface area contributed by atoms with Crippen LogP contribution in [-0.2, 0) is 9.53 Å². The Morgan fingerprint density at radius 3 is 2.68 bits per heavy atom. The zero-order valence-corrected chi connectivity index (χ0v) is 13.6. The molecule has 0 saturated heterocycles. The molecule has 0 atom stereocenters. The van der Waals surface area contributed by atoms with E-state index in [4.69, 9.17) is 14.2 Å². The predicted octanol–water partition coefficient (Wildman–Crippen LogP) is 2.27. The number of benzene rings is 2. The van der Waals surface area contributed by atoms with Gasteiger partial charge in [0.05, 0.1) is 0 Å². The maximum Gasteiger partial charge on any atom is 0.342 e. The molecule has 1 aliphatic heterocycles. The van der Waals surface area contributed by atoms with Gasteiger partial charge in [0.25, 0.3) is 5.91 Å². The van der Waals surface area contributed by atoms with Gasteiger partial charge in [-0.05, 0) is 31.2 Å². The van der Waals surface area contributed by atoms with Crippen molar-refractivity contribution in [1.82, 2.24) is 0 Å². The van der Waals surface area contributed by atoms with Crippen LogP contribution < -0.4 is 14.8 Å². The summed E-state index contributed by atoms with van der Waals surface area (Å²) in [5.74, 6) is -0.296. The van der Waals surface area contributed by atoms with Crippen LogP contribution in [0.5, 0.6) is 17.2 Å². The van der Waals surface area contributed by atoms with Gasteiger partial charge in [-0.15, -0.1) is 0 Å². The summed E-state index contributed by atoms with van der Waals surface area (Å²) in [6.07, 6.45) is 0. The second-order valence-electron chi connectivity index (χ2n) is 5.50. The molecule has 0 aliphatic carbocycles. The average Bonchev–Trinajstić information content (AvgIpc) is 2.61. The highest BCUT2D eigenvalue weighted by atomic mass is 16.6. The van der Waals surface area contributed by atoms with E-state index in [0.717, 1.165) is 5.56 Å². The van der Waals surface area contributed by atoms with Crippen molar-refractivity contribution in [2.75, 3.05) is 25.1 Å². The number of aryl methyl sites for hydroxylation is 1. The molecule has 25 heavy (non-hydrogen) atoms. The molecular weight excluding hydrogens is 326 g/mol. The second kappa shape index (κ2) is 7.12. The van der Waals surface area contributed by atoms with Crippen molar-refractivity contribution in [3.8, 4) is 17.2 Å². The van der Waals surface area contributed by atoms with E-state index in [1.807, 2.05) is 0 Å². The van der Waals surface area contributed by atoms with Crippen molar-refractivity contribution in [3.63, 3.8) is 0 Å². The largest absolute Gasteiger partial charge is 0.507 e. The molecule has 2 aromatic carbocycles. The Balaban J connectivity index is 1.58. The van der Waals surface area contributed by atoms with Crippen LogP contribution in [0.2, 0.25) is 0 Å². The number of ether oxygens (including phenoxy) is 3. The number of phenolic OH excluding ortho intramolecular Hbond substituents is 1. The van der Waals surface area contributed by atoms with E-state index >= 15 is 0 Å². The van der Waals surface area contributed by atoms with Gasteiger partial charge >= 0.3 is 5.97 Å². The molecule has 7 nitrogen and oxygen atoms in total. The molecule has 0 unspecified atom stereocenters. The van der Waals surface area contributed by atoms with Crippen LogP contribution in [0, 0.1) is 6.92 Å². The topological polar surface area (TPSA) is 94.1 Å². The van der Waals surface area contributed by atoms with Crippen LogP contribution in [0.25, 0.3) is 0 Å². The molecule has 0 saturated carbocycles. The Kier molecular flexibility index (Phi) is 4.74. The highest BCUT2D eigenvalue weighted by Gasteiger charge is 2.16. The highest BCUT2D eigenvalue weighted by molar-refractivity contribution is 5.97. The zero-order valence-electron chi connectivity index (χ0n) is 13.6. The third-order valence-corrected chi connectivity index (χ3v) is 3.53. The number of carbonyl (C=O) groups excluding carboxylic acids is 2. The predicted molar refractivity (Wildman–Crippen MR) is 89.2 cm³/mol. The Bertz CT molecular complexity index is 817. The number of hydrogen-bond donors (Lipinski definition) is 2. The lowest BCUT2D eigenvalue weighted by molar-refractivity contribution is -0.119. The Hall–Kier alpha value is -3.22. The molecule has 0 fully saturated rings. The summed E-state index contributed by atoms with van der Waals surface area (Å²) in [6, 6.07) is 9.57. The first-order chi connectivity index (χ1) is 12.0. The normalized spacial score (nSPS) is 12.4. The smallest absolute Gasteiger partial charge is 0.342 e. The van der Waals surface area contributed by atoms with Gasteiger partial charge in [0.2, 0.25) is 0 Å². The van der Waals surface area contributed by atoms with Gasteiger partial charge < -0.3 is 24.6 Å². The molecule has 2 N–H and O–H groups in total. The fourth-order valence-corrected chi connectivity index (χ4v) is 2.34. The molecule has 7 heteroatoms. The molecular formula is C18H17NO6. The number of carbonyl (C=O) groups is 2. The monoisotopic (exact) mass is 343 g/mol. The molecule has 3 rings (SSSR count). The Morgan fingerprint density at radius 2 is 1.88 bits per heavy atom. The van der Waals surface area contributed by atoms with Crippen molar-refractivity contribution in [2.24, 2.45) is 0 Å². The summed E-state index contributed by atoms with van der Waals surface area (Å²) in [5, 5.41) is 12.3. The van der Waals surface area contributed by atoms with Gasteiger partial charge in [-0.25, -0.2) is 4.79 Å². The number of fused-ring (bicyclic) bond motifs is 1. The summed E-state index contributed by atoms with van der Waals surface area (Å²) in [7, 11) is 0. The highest BCUT2D eigenvalue weighted by Crippen LogP contribution is 2.32. The second-order valence-corrected chi connectivity index (χ2v) is 5.50. The molecule has 130 valence electrons. The van der Waals surface area contributed by atoms with Gasteiger partial charge in [0, 0.05) is 11.8 Å². The molecule has 2 aromatic rings. The van der Waals surface area contributed by atoms with E-state index in [1.54, 1.807) is 31.2 Å². The lowest BCUT2D eigenvalue weighted by atomic mass is 10.1. The van der Waals surface area contributed by atoms with Crippen molar-refractivity contribution in [3.05, 3.63) is 47.5 Å². The van der Waals surface area contributed by atoms with Gasteiger partial charge in [-0.1, -0.05) is 11.6 Å².